The Morgan fingerprint density at radius 2 is 1.24 bits per heavy atom. The lowest BCUT2D eigenvalue weighted by Gasteiger charge is -2.20. The van der Waals surface area contributed by atoms with Gasteiger partial charge >= 0.3 is 0 Å². The van der Waals surface area contributed by atoms with Crippen molar-refractivity contribution in [3.05, 3.63) is 28.8 Å². The van der Waals surface area contributed by atoms with Gasteiger partial charge < -0.3 is 0 Å². The first-order chi connectivity index (χ1) is 7.88. The van der Waals surface area contributed by atoms with E-state index in [0.29, 0.717) is 29.9 Å². The third-order valence-corrected chi connectivity index (χ3v) is 3.78. The fourth-order valence-electron chi connectivity index (χ4n) is 1.98. The molecule has 0 saturated carbocycles. The molecule has 17 heavy (non-hydrogen) atoms. The molecular formula is C15H23FS. The fourth-order valence-corrected chi connectivity index (χ4v) is 2.75. The van der Waals surface area contributed by atoms with Gasteiger partial charge in [-0.15, -0.1) is 0 Å². The van der Waals surface area contributed by atoms with E-state index in [1.807, 2.05) is 0 Å². The van der Waals surface area contributed by atoms with Crippen LogP contribution in [0.15, 0.2) is 17.0 Å². The van der Waals surface area contributed by atoms with Crippen molar-refractivity contribution in [1.29, 1.82) is 0 Å². The molecule has 0 atom stereocenters. The second-order valence-electron chi connectivity index (χ2n) is 5.57. The molecule has 0 heterocycles. The van der Waals surface area contributed by atoms with Crippen LogP contribution in [-0.4, -0.2) is 0 Å². The zero-order chi connectivity index (χ0) is 13.2. The van der Waals surface area contributed by atoms with Crippen molar-refractivity contribution in [2.45, 2.75) is 64.2 Å². The molecule has 1 aromatic rings. The first kappa shape index (κ1) is 14.6. The Hall–Kier alpha value is -0.500. The van der Waals surface area contributed by atoms with Crippen molar-refractivity contribution in [3.63, 3.8) is 0 Å². The third kappa shape index (κ3) is 3.25. The van der Waals surface area contributed by atoms with Crippen LogP contribution >= 0.6 is 12.1 Å². The molecule has 0 aliphatic rings. The summed E-state index contributed by atoms with van der Waals surface area (Å²) in [6, 6.07) is 4.34. The van der Waals surface area contributed by atoms with Crippen LogP contribution in [0, 0.1) is 0 Å². The van der Waals surface area contributed by atoms with Crippen molar-refractivity contribution >= 4 is 12.1 Å². The van der Waals surface area contributed by atoms with Crippen molar-refractivity contribution in [2.75, 3.05) is 0 Å². The largest absolute Gasteiger partial charge is 0.160 e. The van der Waals surface area contributed by atoms with E-state index in [4.69, 9.17) is 0 Å². The Balaban J connectivity index is 3.46. The molecule has 0 N–H and O–H groups in total. The van der Waals surface area contributed by atoms with Crippen LogP contribution in [-0.2, 0) is 0 Å². The lowest BCUT2D eigenvalue weighted by Crippen LogP contribution is -2.02. The van der Waals surface area contributed by atoms with E-state index < -0.39 is 0 Å². The van der Waals surface area contributed by atoms with Gasteiger partial charge in [0.2, 0.25) is 0 Å². The van der Waals surface area contributed by atoms with Gasteiger partial charge in [-0.3, -0.25) is 0 Å². The maximum atomic E-state index is 13.2. The molecule has 96 valence electrons. The van der Waals surface area contributed by atoms with E-state index in [9.17, 15) is 3.89 Å². The molecule has 2 heteroatoms. The summed E-state index contributed by atoms with van der Waals surface area (Å²) in [4.78, 5) is 0.833. The van der Waals surface area contributed by atoms with E-state index >= 15 is 0 Å². The standard InChI is InChI=1S/C15H23FS/c1-9(2)12-7-13(10(3)4)15(17-16)14(8-12)11(5)6/h7-11H,1-6H3. The summed E-state index contributed by atoms with van der Waals surface area (Å²) in [6.45, 7) is 12.9. The second kappa shape index (κ2) is 5.90. The quantitative estimate of drug-likeness (QED) is 0.631. The monoisotopic (exact) mass is 254 g/mol. The van der Waals surface area contributed by atoms with Gasteiger partial charge in [-0.05, 0) is 34.4 Å². The van der Waals surface area contributed by atoms with E-state index in [1.54, 1.807) is 0 Å². The Kier molecular flexibility index (Phi) is 5.05. The fraction of sp³-hybridized carbons (Fsp3) is 0.600. The molecule has 0 aliphatic carbocycles. The summed E-state index contributed by atoms with van der Waals surface area (Å²) in [5.41, 5.74) is 3.61. The predicted molar refractivity (Wildman–Crippen MR) is 75.7 cm³/mol. The van der Waals surface area contributed by atoms with Crippen LogP contribution in [0.4, 0.5) is 3.89 Å². The molecule has 0 bridgehead atoms. The van der Waals surface area contributed by atoms with Crippen LogP contribution in [0.3, 0.4) is 0 Å². The zero-order valence-corrected chi connectivity index (χ0v) is 12.5. The lowest BCUT2D eigenvalue weighted by molar-refractivity contribution is 0.765. The van der Waals surface area contributed by atoms with E-state index in [1.165, 1.54) is 5.56 Å². The van der Waals surface area contributed by atoms with Crippen molar-refractivity contribution in [2.24, 2.45) is 0 Å². The smallest absolute Gasteiger partial charge is 0.0818 e. The average Bonchev–Trinajstić information content (AvgIpc) is 2.26. The minimum atomic E-state index is 0.365. The molecule has 0 spiro atoms. The molecule has 0 nitrogen and oxygen atoms in total. The van der Waals surface area contributed by atoms with Gasteiger partial charge in [0.1, 0.15) is 0 Å². The Bertz CT molecular complexity index is 352. The predicted octanol–water partition coefficient (Wildman–Crippen LogP) is 6.03. The molecule has 0 fully saturated rings. The van der Waals surface area contributed by atoms with E-state index in [-0.39, 0.29) is 0 Å². The molecule has 1 aromatic carbocycles. The summed E-state index contributed by atoms with van der Waals surface area (Å²) in [6.07, 6.45) is 0. The summed E-state index contributed by atoms with van der Waals surface area (Å²) in [7, 11) is 0. The van der Waals surface area contributed by atoms with E-state index in [2.05, 4.69) is 53.7 Å². The maximum Gasteiger partial charge on any atom is 0.0818 e. The number of hydrogen-bond donors (Lipinski definition) is 0. The van der Waals surface area contributed by atoms with Gasteiger partial charge in [-0.2, -0.15) is 3.89 Å². The Labute approximate surface area is 109 Å². The van der Waals surface area contributed by atoms with E-state index in [0.717, 1.165) is 16.0 Å². The first-order valence-electron chi connectivity index (χ1n) is 6.34. The average molecular weight is 254 g/mol. The Morgan fingerprint density at radius 3 is 1.47 bits per heavy atom. The molecule has 0 unspecified atom stereocenters. The number of benzene rings is 1. The highest BCUT2D eigenvalue weighted by molar-refractivity contribution is 7.94. The highest BCUT2D eigenvalue weighted by Crippen LogP contribution is 2.38. The first-order valence-corrected chi connectivity index (χ1v) is 7.06. The number of halogens is 1. The van der Waals surface area contributed by atoms with Crippen molar-refractivity contribution in [3.8, 4) is 0 Å². The highest BCUT2D eigenvalue weighted by Gasteiger charge is 2.17. The summed E-state index contributed by atoms with van der Waals surface area (Å²) < 4.78 is 13.2. The third-order valence-electron chi connectivity index (χ3n) is 3.16. The number of hydrogen-bond acceptors (Lipinski definition) is 1. The van der Waals surface area contributed by atoms with Crippen LogP contribution < -0.4 is 0 Å². The van der Waals surface area contributed by atoms with Gasteiger partial charge in [-0.1, -0.05) is 53.7 Å². The van der Waals surface area contributed by atoms with Gasteiger partial charge in [0.15, 0.2) is 0 Å². The van der Waals surface area contributed by atoms with Gasteiger partial charge in [0.05, 0.1) is 12.1 Å². The van der Waals surface area contributed by atoms with Crippen LogP contribution in [0.2, 0.25) is 0 Å². The number of rotatable bonds is 4. The van der Waals surface area contributed by atoms with Gasteiger partial charge in [0.25, 0.3) is 0 Å². The van der Waals surface area contributed by atoms with Gasteiger partial charge in [0, 0.05) is 4.90 Å². The Morgan fingerprint density at radius 1 is 0.824 bits per heavy atom. The normalized spacial score (nSPS) is 11.9. The second-order valence-corrected chi connectivity index (χ2v) is 6.13. The minimum absolute atomic E-state index is 0.365. The van der Waals surface area contributed by atoms with Crippen molar-refractivity contribution < 1.29 is 3.89 Å². The van der Waals surface area contributed by atoms with Crippen molar-refractivity contribution in [1.82, 2.24) is 0 Å². The highest BCUT2D eigenvalue weighted by atomic mass is 32.2. The molecule has 0 radical (unpaired) electrons. The minimum Gasteiger partial charge on any atom is -0.160 e. The van der Waals surface area contributed by atoms with Crippen LogP contribution in [0.25, 0.3) is 0 Å². The summed E-state index contributed by atoms with van der Waals surface area (Å²) >= 11 is 0.399. The zero-order valence-electron chi connectivity index (χ0n) is 11.7. The SMILES string of the molecule is CC(C)c1cc(C(C)C)c(SF)c(C(C)C)c1. The van der Waals surface area contributed by atoms with Crippen LogP contribution in [0.1, 0.15) is 76.0 Å². The van der Waals surface area contributed by atoms with Gasteiger partial charge in [-0.25, -0.2) is 0 Å². The molecule has 0 aliphatic heterocycles. The molecule has 0 amide bonds. The summed E-state index contributed by atoms with van der Waals surface area (Å²) in [5, 5.41) is 0. The summed E-state index contributed by atoms with van der Waals surface area (Å²) in [5.74, 6) is 1.22. The lowest BCUT2D eigenvalue weighted by atomic mass is 9.89. The molecule has 0 saturated heterocycles. The topological polar surface area (TPSA) is 0 Å². The van der Waals surface area contributed by atoms with Crippen LogP contribution in [0.5, 0.6) is 0 Å². The maximum absolute atomic E-state index is 13.2. The molecular weight excluding hydrogens is 231 g/mol. The molecule has 1 rings (SSSR count). The molecule has 0 aromatic heterocycles.